The second-order valence-electron chi connectivity index (χ2n) is 8.82. The van der Waals surface area contributed by atoms with E-state index in [1.165, 1.54) is 18.7 Å². The number of halogens is 2. The molecule has 4 unspecified atom stereocenters. The van der Waals surface area contributed by atoms with Crippen LogP contribution >= 0.6 is 34.7 Å². The molecule has 210 valence electrons. The fourth-order valence-corrected chi connectivity index (χ4v) is 3.94. The minimum Gasteiger partial charge on any atom is -0.441 e. The molecule has 0 aliphatic carbocycles. The van der Waals surface area contributed by atoms with E-state index >= 15 is 0 Å². The van der Waals surface area contributed by atoms with Crippen LogP contribution in [0.5, 0.6) is 0 Å². The molecule has 0 aliphatic rings. The summed E-state index contributed by atoms with van der Waals surface area (Å²) in [7, 11) is 0. The molecule has 2 aromatic rings. The number of aromatic nitrogens is 1. The number of anilines is 2. The van der Waals surface area contributed by atoms with Crippen molar-refractivity contribution in [2.24, 2.45) is 16.1 Å². The average Bonchev–Trinajstić information content (AvgIpc) is 3.22. The molecular formula is C25H30Cl2N6O5S. The Morgan fingerprint density at radius 2 is 1.59 bits per heavy atom. The molecule has 0 saturated carbocycles. The van der Waals surface area contributed by atoms with Crippen molar-refractivity contribution in [2.75, 3.05) is 10.2 Å². The molecule has 39 heavy (non-hydrogen) atoms. The molecule has 0 spiro atoms. The molecule has 11 nitrogen and oxygen atoms in total. The summed E-state index contributed by atoms with van der Waals surface area (Å²) in [5.74, 6) is -1.98. The molecule has 0 saturated heterocycles. The van der Waals surface area contributed by atoms with Crippen molar-refractivity contribution >= 4 is 74.6 Å². The molecule has 0 bridgehead atoms. The van der Waals surface area contributed by atoms with Crippen molar-refractivity contribution in [1.82, 2.24) is 4.37 Å². The fraction of sp³-hybridized carbons (Fsp3) is 0.480. The van der Waals surface area contributed by atoms with Crippen molar-refractivity contribution in [3.8, 4) is 6.07 Å². The van der Waals surface area contributed by atoms with Crippen molar-refractivity contribution in [2.45, 2.75) is 71.7 Å². The van der Waals surface area contributed by atoms with Gasteiger partial charge in [-0.25, -0.2) is 0 Å². The predicted molar refractivity (Wildman–Crippen MR) is 150 cm³/mol. The second kappa shape index (κ2) is 14.2. The highest BCUT2D eigenvalue weighted by atomic mass is 35.5. The van der Waals surface area contributed by atoms with Crippen molar-refractivity contribution in [1.29, 1.82) is 5.26 Å². The standard InChI is InChI=1S/C25H30Cl2N6O5S/c1-12(2)22(34)29-21-10-18(8-9-20(21)30-31-23-19(11-28)15(5)32-39-23)33(16(6)37-24(35)13(3)26)17(7)38-25(36)14(4)27/h8-10,12-14,16-17H,1-7H3,(H,29,34)/b31-30+. The number of azo groups is 1. The van der Waals surface area contributed by atoms with E-state index in [2.05, 4.69) is 26.0 Å². The van der Waals surface area contributed by atoms with Crippen LogP contribution in [0.3, 0.4) is 0 Å². The normalized spacial score (nSPS) is 14.3. The summed E-state index contributed by atoms with van der Waals surface area (Å²) in [4.78, 5) is 38.6. The highest BCUT2D eigenvalue weighted by Crippen LogP contribution is 2.35. The number of amides is 1. The predicted octanol–water partition coefficient (Wildman–Crippen LogP) is 6.17. The summed E-state index contributed by atoms with van der Waals surface area (Å²) in [6.45, 7) is 11.3. The zero-order chi connectivity index (χ0) is 29.4. The molecule has 4 atom stereocenters. The van der Waals surface area contributed by atoms with Crippen LogP contribution in [0.1, 0.15) is 52.8 Å². The molecule has 2 rings (SSSR count). The van der Waals surface area contributed by atoms with Gasteiger partial charge < -0.3 is 19.7 Å². The summed E-state index contributed by atoms with van der Waals surface area (Å²) < 4.78 is 15.1. The number of carbonyl (C=O) groups is 3. The van der Waals surface area contributed by atoms with E-state index in [1.54, 1.807) is 52.8 Å². The number of nitrogens with zero attached hydrogens (tertiary/aromatic N) is 5. The van der Waals surface area contributed by atoms with Crippen molar-refractivity contribution in [3.63, 3.8) is 0 Å². The Morgan fingerprint density at radius 3 is 2.08 bits per heavy atom. The van der Waals surface area contributed by atoms with Crippen LogP contribution in [0.4, 0.5) is 22.1 Å². The monoisotopic (exact) mass is 596 g/mol. The molecule has 0 fully saturated rings. The number of hydrogen-bond acceptors (Lipinski definition) is 11. The van der Waals surface area contributed by atoms with Gasteiger partial charge in [0.15, 0.2) is 17.5 Å². The first-order valence-electron chi connectivity index (χ1n) is 12.0. The number of hydrogen-bond donors (Lipinski definition) is 1. The third kappa shape index (κ3) is 8.61. The minimum absolute atomic E-state index is 0.285. The number of ether oxygens (including phenoxy) is 2. The summed E-state index contributed by atoms with van der Waals surface area (Å²) in [6, 6.07) is 6.85. The topological polar surface area (TPSA) is 146 Å². The van der Waals surface area contributed by atoms with Crippen LogP contribution in [-0.4, -0.2) is 45.4 Å². The first-order chi connectivity index (χ1) is 18.3. The highest BCUT2D eigenvalue weighted by molar-refractivity contribution is 7.10. The molecule has 1 heterocycles. The van der Waals surface area contributed by atoms with Gasteiger partial charge >= 0.3 is 11.9 Å². The first-order valence-corrected chi connectivity index (χ1v) is 13.6. The number of rotatable bonds is 11. The number of nitriles is 1. The molecule has 1 N–H and O–H groups in total. The van der Waals surface area contributed by atoms with Gasteiger partial charge in [-0.3, -0.25) is 14.4 Å². The van der Waals surface area contributed by atoms with Gasteiger partial charge in [-0.1, -0.05) is 13.8 Å². The lowest BCUT2D eigenvalue weighted by atomic mass is 10.1. The Bertz CT molecular complexity index is 1250. The van der Waals surface area contributed by atoms with Gasteiger partial charge in [0.2, 0.25) is 5.91 Å². The molecule has 14 heteroatoms. The van der Waals surface area contributed by atoms with Gasteiger partial charge in [0, 0.05) is 11.6 Å². The molecular weight excluding hydrogens is 567 g/mol. The average molecular weight is 598 g/mol. The molecule has 0 radical (unpaired) electrons. The van der Waals surface area contributed by atoms with Crippen LogP contribution in [0.2, 0.25) is 0 Å². The maximum Gasteiger partial charge on any atom is 0.325 e. The summed E-state index contributed by atoms with van der Waals surface area (Å²) in [5.41, 5.74) is 1.85. The Labute approximate surface area is 241 Å². The van der Waals surface area contributed by atoms with Crippen LogP contribution in [0.15, 0.2) is 28.4 Å². The van der Waals surface area contributed by atoms with Crippen molar-refractivity contribution in [3.05, 3.63) is 29.5 Å². The Hall–Kier alpha value is -3.27. The number of alkyl halides is 2. The number of nitrogens with one attached hydrogen (secondary N) is 1. The maximum absolute atomic E-state index is 12.6. The van der Waals surface area contributed by atoms with E-state index in [4.69, 9.17) is 32.7 Å². The zero-order valence-electron chi connectivity index (χ0n) is 22.6. The van der Waals surface area contributed by atoms with Gasteiger partial charge in [-0.15, -0.1) is 33.4 Å². The third-order valence-electron chi connectivity index (χ3n) is 5.27. The van der Waals surface area contributed by atoms with E-state index in [-0.39, 0.29) is 17.5 Å². The smallest absolute Gasteiger partial charge is 0.325 e. The lowest BCUT2D eigenvalue weighted by Gasteiger charge is -2.35. The van der Waals surface area contributed by atoms with Crippen LogP contribution < -0.4 is 10.2 Å². The van der Waals surface area contributed by atoms with Gasteiger partial charge in [0.25, 0.3) is 0 Å². The summed E-state index contributed by atoms with van der Waals surface area (Å²) in [6.07, 6.45) is -1.88. The van der Waals surface area contributed by atoms with Gasteiger partial charge in [0.05, 0.1) is 11.4 Å². The fourth-order valence-electron chi connectivity index (χ4n) is 3.16. The van der Waals surface area contributed by atoms with E-state index in [0.29, 0.717) is 27.6 Å². The Morgan fingerprint density at radius 1 is 1.03 bits per heavy atom. The van der Waals surface area contributed by atoms with E-state index in [9.17, 15) is 19.6 Å². The number of aryl methyl sites for hydroxylation is 1. The number of benzene rings is 1. The first kappa shape index (κ1) is 31.9. The van der Waals surface area contributed by atoms with E-state index < -0.39 is 35.1 Å². The highest BCUT2D eigenvalue weighted by Gasteiger charge is 2.29. The number of carbonyl (C=O) groups excluding carboxylic acids is 3. The van der Waals surface area contributed by atoms with E-state index in [0.717, 1.165) is 11.5 Å². The third-order valence-corrected chi connectivity index (χ3v) is 6.45. The lowest BCUT2D eigenvalue weighted by Crippen LogP contribution is -2.46. The molecule has 1 amide bonds. The zero-order valence-corrected chi connectivity index (χ0v) is 24.9. The van der Waals surface area contributed by atoms with Gasteiger partial charge in [-0.05, 0) is 64.4 Å². The SMILES string of the molecule is Cc1nsc(/N=N/c2ccc(N(C(C)OC(=O)C(C)Cl)C(C)OC(=O)C(C)Cl)cc2NC(=O)C(C)C)c1C#N. The van der Waals surface area contributed by atoms with Crippen LogP contribution in [-0.2, 0) is 23.9 Å². The Kier molecular flexibility index (Phi) is 11.6. The second-order valence-corrected chi connectivity index (χ2v) is 10.9. The number of esters is 2. The van der Waals surface area contributed by atoms with E-state index in [1.807, 2.05) is 0 Å². The minimum atomic E-state index is -0.938. The quantitative estimate of drug-likeness (QED) is 0.140. The Balaban J connectivity index is 2.58. The molecule has 1 aromatic carbocycles. The summed E-state index contributed by atoms with van der Waals surface area (Å²) >= 11 is 12.8. The van der Waals surface area contributed by atoms with Gasteiger partial charge in [-0.2, -0.15) is 9.64 Å². The summed E-state index contributed by atoms with van der Waals surface area (Å²) in [5, 5.41) is 19.1. The van der Waals surface area contributed by atoms with Crippen LogP contribution in [0.25, 0.3) is 0 Å². The molecule has 1 aromatic heterocycles. The van der Waals surface area contributed by atoms with Crippen molar-refractivity contribution < 1.29 is 23.9 Å². The lowest BCUT2D eigenvalue weighted by molar-refractivity contribution is -0.152. The van der Waals surface area contributed by atoms with Gasteiger partial charge in [0.1, 0.15) is 28.1 Å². The maximum atomic E-state index is 12.6. The largest absolute Gasteiger partial charge is 0.441 e. The van der Waals surface area contributed by atoms with Crippen LogP contribution in [0, 0.1) is 24.2 Å². The molecule has 0 aliphatic heterocycles.